The van der Waals surface area contributed by atoms with Crippen molar-refractivity contribution >= 4 is 11.8 Å². The number of nitrogens with two attached hydrogens (primary N) is 1. The molecular weight excluding hydrogens is 236 g/mol. The number of likely N-dealkylation sites (N-methyl/N-ethyl adjacent to an activating group) is 2. The average molecular weight is 258 g/mol. The number of nitrogens with one attached hydrogen (secondary N) is 1. The summed E-state index contributed by atoms with van der Waals surface area (Å²) in [5.41, 5.74) is 2.09. The molecule has 0 radical (unpaired) electrons. The summed E-state index contributed by atoms with van der Waals surface area (Å²) in [6, 6.07) is 0. The molecule has 1 aliphatic rings. The minimum absolute atomic E-state index is 0.0211. The first-order valence-corrected chi connectivity index (χ1v) is 5.98. The SMILES string of the molecule is CN(CC(=O)N(C)C)CC1CCC(C(=O)NN)O1. The van der Waals surface area contributed by atoms with Crippen LogP contribution in [0.15, 0.2) is 0 Å². The third kappa shape index (κ3) is 4.25. The van der Waals surface area contributed by atoms with E-state index in [1.165, 1.54) is 0 Å². The second-order valence-corrected chi connectivity index (χ2v) is 4.82. The van der Waals surface area contributed by atoms with Gasteiger partial charge in [0.2, 0.25) is 5.91 Å². The van der Waals surface area contributed by atoms with Crippen molar-refractivity contribution in [3.05, 3.63) is 0 Å². The number of ether oxygens (including phenoxy) is 1. The molecule has 1 aliphatic heterocycles. The molecule has 0 aromatic heterocycles. The highest BCUT2D eigenvalue weighted by Crippen LogP contribution is 2.20. The molecule has 104 valence electrons. The van der Waals surface area contributed by atoms with E-state index in [9.17, 15) is 9.59 Å². The minimum atomic E-state index is -0.460. The summed E-state index contributed by atoms with van der Waals surface area (Å²) in [6.45, 7) is 0.981. The molecule has 2 unspecified atom stereocenters. The molecule has 7 nitrogen and oxygen atoms in total. The number of hydrogen-bond donors (Lipinski definition) is 2. The Labute approximate surface area is 107 Å². The normalized spacial score (nSPS) is 23.2. The van der Waals surface area contributed by atoms with Crippen molar-refractivity contribution in [3.63, 3.8) is 0 Å². The summed E-state index contributed by atoms with van der Waals surface area (Å²) in [5.74, 6) is 4.82. The van der Waals surface area contributed by atoms with Crippen LogP contribution in [0.2, 0.25) is 0 Å². The van der Waals surface area contributed by atoms with Crippen LogP contribution in [-0.2, 0) is 14.3 Å². The predicted molar refractivity (Wildman–Crippen MR) is 66.4 cm³/mol. The van der Waals surface area contributed by atoms with E-state index in [0.29, 0.717) is 19.5 Å². The van der Waals surface area contributed by atoms with Gasteiger partial charge in [0.1, 0.15) is 6.10 Å². The van der Waals surface area contributed by atoms with Gasteiger partial charge in [-0.2, -0.15) is 0 Å². The lowest BCUT2D eigenvalue weighted by atomic mass is 10.2. The molecule has 3 N–H and O–H groups in total. The van der Waals surface area contributed by atoms with E-state index in [2.05, 4.69) is 5.43 Å². The zero-order valence-corrected chi connectivity index (χ0v) is 11.2. The number of rotatable bonds is 5. The smallest absolute Gasteiger partial charge is 0.263 e. The van der Waals surface area contributed by atoms with Crippen LogP contribution in [0.3, 0.4) is 0 Å². The van der Waals surface area contributed by atoms with Gasteiger partial charge in [-0.15, -0.1) is 0 Å². The van der Waals surface area contributed by atoms with Crippen LogP contribution in [0.4, 0.5) is 0 Å². The minimum Gasteiger partial charge on any atom is -0.364 e. The number of amides is 2. The Hall–Kier alpha value is -1.18. The van der Waals surface area contributed by atoms with Crippen LogP contribution in [0.1, 0.15) is 12.8 Å². The predicted octanol–water partition coefficient (Wildman–Crippen LogP) is -1.46. The average Bonchev–Trinajstić information content (AvgIpc) is 2.76. The number of carbonyl (C=O) groups is 2. The molecule has 0 bridgehead atoms. The quantitative estimate of drug-likeness (QED) is 0.358. The Bertz CT molecular complexity index is 309. The number of hydrogen-bond acceptors (Lipinski definition) is 5. The Morgan fingerprint density at radius 1 is 1.33 bits per heavy atom. The van der Waals surface area contributed by atoms with Crippen LogP contribution in [0.5, 0.6) is 0 Å². The fourth-order valence-corrected chi connectivity index (χ4v) is 1.91. The van der Waals surface area contributed by atoms with Crippen molar-refractivity contribution < 1.29 is 14.3 Å². The van der Waals surface area contributed by atoms with Crippen LogP contribution >= 0.6 is 0 Å². The molecule has 1 heterocycles. The second kappa shape index (κ2) is 6.67. The third-order valence-corrected chi connectivity index (χ3v) is 2.96. The van der Waals surface area contributed by atoms with Gasteiger partial charge in [0.25, 0.3) is 5.91 Å². The first-order chi connectivity index (χ1) is 8.43. The van der Waals surface area contributed by atoms with Gasteiger partial charge in [-0.3, -0.25) is 19.9 Å². The lowest BCUT2D eigenvalue weighted by Gasteiger charge is -2.22. The fraction of sp³-hybridized carbons (Fsp3) is 0.818. The van der Waals surface area contributed by atoms with E-state index in [1.54, 1.807) is 19.0 Å². The Balaban J connectivity index is 2.32. The largest absolute Gasteiger partial charge is 0.364 e. The molecule has 0 spiro atoms. The van der Waals surface area contributed by atoms with Crippen molar-refractivity contribution in [1.29, 1.82) is 0 Å². The van der Waals surface area contributed by atoms with Crippen molar-refractivity contribution in [2.45, 2.75) is 25.0 Å². The van der Waals surface area contributed by atoms with Crippen molar-refractivity contribution in [1.82, 2.24) is 15.2 Å². The first-order valence-electron chi connectivity index (χ1n) is 5.98. The van der Waals surface area contributed by atoms with Gasteiger partial charge in [-0.25, -0.2) is 5.84 Å². The molecule has 0 saturated carbocycles. The van der Waals surface area contributed by atoms with Gasteiger partial charge >= 0.3 is 0 Å². The lowest BCUT2D eigenvalue weighted by molar-refractivity contribution is -0.134. The van der Waals surface area contributed by atoms with E-state index in [-0.39, 0.29) is 17.9 Å². The van der Waals surface area contributed by atoms with Gasteiger partial charge in [0.15, 0.2) is 0 Å². The van der Waals surface area contributed by atoms with E-state index < -0.39 is 6.10 Å². The highest BCUT2D eigenvalue weighted by molar-refractivity contribution is 5.80. The molecule has 2 atom stereocenters. The maximum absolute atomic E-state index is 11.5. The van der Waals surface area contributed by atoms with Gasteiger partial charge in [0, 0.05) is 20.6 Å². The summed E-state index contributed by atoms with van der Waals surface area (Å²) < 4.78 is 5.57. The first kappa shape index (κ1) is 14.9. The van der Waals surface area contributed by atoms with E-state index >= 15 is 0 Å². The van der Waals surface area contributed by atoms with Crippen molar-refractivity contribution in [3.8, 4) is 0 Å². The van der Waals surface area contributed by atoms with Crippen LogP contribution in [0.25, 0.3) is 0 Å². The molecule has 1 saturated heterocycles. The topological polar surface area (TPSA) is 87.9 Å². The number of hydrazine groups is 1. The summed E-state index contributed by atoms with van der Waals surface area (Å²) in [7, 11) is 5.31. The van der Waals surface area contributed by atoms with Gasteiger partial charge in [-0.05, 0) is 19.9 Å². The standard InChI is InChI=1S/C11H22N4O3/c1-14(2)10(16)7-15(3)6-8-4-5-9(18-8)11(17)13-12/h8-9H,4-7,12H2,1-3H3,(H,13,17). The maximum Gasteiger partial charge on any atom is 0.263 e. The summed E-state index contributed by atoms with van der Waals surface area (Å²) in [6.07, 6.45) is 0.993. The highest BCUT2D eigenvalue weighted by Gasteiger charge is 2.31. The summed E-state index contributed by atoms with van der Waals surface area (Å²) in [5, 5.41) is 0. The molecule has 18 heavy (non-hydrogen) atoms. The van der Waals surface area contributed by atoms with Crippen molar-refractivity contribution in [2.75, 3.05) is 34.2 Å². The molecule has 0 aromatic carbocycles. The molecule has 7 heteroatoms. The lowest BCUT2D eigenvalue weighted by Crippen LogP contribution is -2.41. The van der Waals surface area contributed by atoms with Gasteiger partial charge in [-0.1, -0.05) is 0 Å². The Kier molecular flexibility index (Phi) is 5.52. The van der Waals surface area contributed by atoms with E-state index in [4.69, 9.17) is 10.6 Å². The Morgan fingerprint density at radius 3 is 2.56 bits per heavy atom. The van der Waals surface area contributed by atoms with Crippen LogP contribution in [-0.4, -0.2) is 68.1 Å². The molecule has 1 rings (SSSR count). The number of nitrogens with zero attached hydrogens (tertiary/aromatic N) is 2. The highest BCUT2D eigenvalue weighted by atomic mass is 16.5. The van der Waals surface area contributed by atoms with Crippen molar-refractivity contribution in [2.24, 2.45) is 5.84 Å². The molecular formula is C11H22N4O3. The molecule has 0 aliphatic carbocycles. The summed E-state index contributed by atoms with van der Waals surface area (Å²) >= 11 is 0. The zero-order valence-electron chi connectivity index (χ0n) is 11.2. The maximum atomic E-state index is 11.5. The van der Waals surface area contributed by atoms with Crippen LogP contribution in [0, 0.1) is 0 Å². The molecule has 0 aromatic rings. The monoisotopic (exact) mass is 258 g/mol. The second-order valence-electron chi connectivity index (χ2n) is 4.82. The zero-order chi connectivity index (χ0) is 13.7. The van der Waals surface area contributed by atoms with Gasteiger partial charge < -0.3 is 9.64 Å². The van der Waals surface area contributed by atoms with E-state index in [0.717, 1.165) is 6.42 Å². The van der Waals surface area contributed by atoms with Gasteiger partial charge in [0.05, 0.1) is 12.6 Å². The number of carbonyl (C=O) groups excluding carboxylic acids is 2. The molecule has 1 fully saturated rings. The molecule has 2 amide bonds. The third-order valence-electron chi connectivity index (χ3n) is 2.96. The fourth-order valence-electron chi connectivity index (χ4n) is 1.91. The van der Waals surface area contributed by atoms with Crippen LogP contribution < -0.4 is 11.3 Å². The summed E-state index contributed by atoms with van der Waals surface area (Å²) in [4.78, 5) is 26.2. The Morgan fingerprint density at radius 2 is 2.00 bits per heavy atom. The van der Waals surface area contributed by atoms with E-state index in [1.807, 2.05) is 11.9 Å².